The number of halogens is 2. The van der Waals surface area contributed by atoms with E-state index in [0.717, 1.165) is 4.31 Å². The average molecular weight is 307 g/mol. The van der Waals surface area contributed by atoms with E-state index in [1.165, 1.54) is 14.0 Å². The van der Waals surface area contributed by atoms with E-state index < -0.39 is 44.7 Å². The molecule has 0 aromatic heterocycles. The van der Waals surface area contributed by atoms with Crippen molar-refractivity contribution >= 4 is 21.6 Å². The highest BCUT2D eigenvalue weighted by atomic mass is 32.2. The van der Waals surface area contributed by atoms with Gasteiger partial charge < -0.3 is 11.1 Å². The van der Waals surface area contributed by atoms with Crippen molar-refractivity contribution in [3.8, 4) is 0 Å². The highest BCUT2D eigenvalue weighted by Crippen LogP contribution is 2.23. The maximum Gasteiger partial charge on any atom is 0.246 e. The molecule has 20 heavy (non-hydrogen) atoms. The molecule has 0 aliphatic heterocycles. The molecule has 3 N–H and O–H groups in total. The lowest BCUT2D eigenvalue weighted by Gasteiger charge is -2.20. The first-order valence-electron chi connectivity index (χ1n) is 5.69. The Morgan fingerprint density at radius 1 is 1.35 bits per heavy atom. The van der Waals surface area contributed by atoms with Gasteiger partial charge >= 0.3 is 0 Å². The number of benzene rings is 1. The van der Waals surface area contributed by atoms with Crippen LogP contribution in [0.4, 0.5) is 14.5 Å². The van der Waals surface area contributed by atoms with Gasteiger partial charge in [0, 0.05) is 19.7 Å². The molecule has 1 amide bonds. The normalized spacial score (nSPS) is 11.7. The summed E-state index contributed by atoms with van der Waals surface area (Å²) in [4.78, 5) is 10.5. The molecule has 0 heterocycles. The highest BCUT2D eigenvalue weighted by molar-refractivity contribution is 7.89. The molecule has 0 unspecified atom stereocenters. The first kappa shape index (κ1) is 16.3. The molecule has 0 fully saturated rings. The number of nitrogen functional groups attached to an aromatic ring is 1. The Balaban J connectivity index is 3.27. The second-order valence-electron chi connectivity index (χ2n) is 3.91. The summed E-state index contributed by atoms with van der Waals surface area (Å²) in [5, 5.41) is 2.26. The fourth-order valence-electron chi connectivity index (χ4n) is 1.49. The Kier molecular flexibility index (Phi) is 5.01. The third-order valence-corrected chi connectivity index (χ3v) is 4.56. The number of amides is 1. The van der Waals surface area contributed by atoms with Gasteiger partial charge in [0.05, 0.1) is 12.2 Å². The van der Waals surface area contributed by atoms with Gasteiger partial charge in [0.2, 0.25) is 15.9 Å². The minimum Gasteiger partial charge on any atom is -0.396 e. The van der Waals surface area contributed by atoms with E-state index in [9.17, 15) is 22.0 Å². The summed E-state index contributed by atoms with van der Waals surface area (Å²) in [5.74, 6) is -2.85. The van der Waals surface area contributed by atoms with Crippen LogP contribution in [0.1, 0.15) is 6.92 Å². The molecule has 0 saturated carbocycles. The van der Waals surface area contributed by atoms with E-state index in [-0.39, 0.29) is 6.54 Å². The van der Waals surface area contributed by atoms with Gasteiger partial charge in [-0.05, 0) is 6.07 Å². The van der Waals surface area contributed by atoms with Gasteiger partial charge in [-0.15, -0.1) is 0 Å². The maximum atomic E-state index is 13.6. The molecule has 0 spiro atoms. The Hall–Kier alpha value is -1.74. The molecule has 6 nitrogen and oxygen atoms in total. The SMILES string of the molecule is CCN(CC(=O)NC)S(=O)(=O)c1cc(N)c(F)cc1F. The van der Waals surface area contributed by atoms with Gasteiger partial charge in [-0.2, -0.15) is 4.31 Å². The van der Waals surface area contributed by atoms with Crippen molar-refractivity contribution in [1.29, 1.82) is 0 Å². The molecule has 0 atom stereocenters. The predicted octanol–water partition coefficient (Wildman–Crippen LogP) is 0.304. The summed E-state index contributed by atoms with van der Waals surface area (Å²) < 4.78 is 51.9. The molecule has 0 aliphatic carbocycles. The van der Waals surface area contributed by atoms with Gasteiger partial charge in [-0.1, -0.05) is 6.92 Å². The number of carbonyl (C=O) groups is 1. The number of nitrogens with one attached hydrogen (secondary N) is 1. The van der Waals surface area contributed by atoms with E-state index in [1.54, 1.807) is 0 Å². The fourth-order valence-corrected chi connectivity index (χ4v) is 2.97. The lowest BCUT2D eigenvalue weighted by Crippen LogP contribution is -2.39. The summed E-state index contributed by atoms with van der Waals surface area (Å²) in [6.07, 6.45) is 0. The largest absolute Gasteiger partial charge is 0.396 e. The van der Waals surface area contributed by atoms with Crippen LogP contribution in [0.25, 0.3) is 0 Å². The van der Waals surface area contributed by atoms with Gasteiger partial charge in [-0.25, -0.2) is 17.2 Å². The van der Waals surface area contributed by atoms with Gasteiger partial charge in [-0.3, -0.25) is 4.79 Å². The van der Waals surface area contributed by atoms with E-state index in [2.05, 4.69) is 5.32 Å². The minimum absolute atomic E-state index is 0.0491. The smallest absolute Gasteiger partial charge is 0.246 e. The lowest BCUT2D eigenvalue weighted by molar-refractivity contribution is -0.120. The molecular formula is C11H15F2N3O3S. The molecule has 1 aromatic rings. The zero-order valence-corrected chi connectivity index (χ0v) is 11.8. The van der Waals surface area contributed by atoms with Gasteiger partial charge in [0.15, 0.2) is 0 Å². The van der Waals surface area contributed by atoms with Crippen molar-refractivity contribution in [2.75, 3.05) is 25.9 Å². The number of nitrogens with zero attached hydrogens (tertiary/aromatic N) is 1. The summed E-state index contributed by atoms with van der Waals surface area (Å²) in [7, 11) is -2.93. The number of nitrogens with two attached hydrogens (primary N) is 1. The molecular weight excluding hydrogens is 292 g/mol. The second kappa shape index (κ2) is 6.14. The monoisotopic (exact) mass is 307 g/mol. The summed E-state index contributed by atoms with van der Waals surface area (Å²) in [5.41, 5.74) is 4.77. The number of anilines is 1. The zero-order valence-electron chi connectivity index (χ0n) is 11.0. The summed E-state index contributed by atoms with van der Waals surface area (Å²) in [6, 6.07) is 1.10. The van der Waals surface area contributed by atoms with Crippen molar-refractivity contribution in [1.82, 2.24) is 9.62 Å². The fraction of sp³-hybridized carbons (Fsp3) is 0.364. The van der Waals surface area contributed by atoms with Gasteiger partial charge in [0.25, 0.3) is 0 Å². The third kappa shape index (κ3) is 3.23. The Morgan fingerprint density at radius 2 is 1.95 bits per heavy atom. The van der Waals surface area contributed by atoms with Crippen molar-refractivity contribution in [3.63, 3.8) is 0 Å². The molecule has 1 rings (SSSR count). The Bertz CT molecular complexity index is 620. The number of sulfonamides is 1. The van der Waals surface area contributed by atoms with Crippen molar-refractivity contribution in [3.05, 3.63) is 23.8 Å². The summed E-state index contributed by atoms with van der Waals surface area (Å²) >= 11 is 0. The van der Waals surface area contributed by atoms with Crippen LogP contribution in [0.15, 0.2) is 17.0 Å². The first-order chi connectivity index (χ1) is 9.23. The minimum atomic E-state index is -4.28. The van der Waals surface area contributed by atoms with Gasteiger partial charge in [0.1, 0.15) is 16.5 Å². The van der Waals surface area contributed by atoms with Crippen LogP contribution in [0.2, 0.25) is 0 Å². The third-order valence-electron chi connectivity index (χ3n) is 2.62. The van der Waals surface area contributed by atoms with Crippen LogP contribution in [0.5, 0.6) is 0 Å². The molecule has 9 heteroatoms. The molecule has 1 aromatic carbocycles. The van der Waals surface area contributed by atoms with E-state index >= 15 is 0 Å². The van der Waals surface area contributed by atoms with E-state index in [4.69, 9.17) is 5.73 Å². The lowest BCUT2D eigenvalue weighted by atomic mass is 10.3. The number of hydrogen-bond donors (Lipinski definition) is 2. The Morgan fingerprint density at radius 3 is 2.45 bits per heavy atom. The molecule has 0 saturated heterocycles. The van der Waals surface area contributed by atoms with E-state index in [0.29, 0.717) is 12.1 Å². The van der Waals surface area contributed by atoms with Crippen molar-refractivity contribution in [2.24, 2.45) is 0 Å². The standard InChI is InChI=1S/C11H15F2N3O3S/c1-3-16(6-11(17)15-2)20(18,19)10-5-9(14)7(12)4-8(10)13/h4-5H,3,6,14H2,1-2H3,(H,15,17). The predicted molar refractivity (Wildman–Crippen MR) is 69.3 cm³/mol. The number of hydrogen-bond acceptors (Lipinski definition) is 4. The number of likely N-dealkylation sites (N-methyl/N-ethyl adjacent to an activating group) is 2. The maximum absolute atomic E-state index is 13.6. The van der Waals surface area contributed by atoms with E-state index in [1.807, 2.05) is 0 Å². The second-order valence-corrected chi connectivity index (χ2v) is 5.81. The van der Waals surface area contributed by atoms with Crippen molar-refractivity contribution in [2.45, 2.75) is 11.8 Å². The number of rotatable bonds is 5. The molecule has 0 bridgehead atoms. The highest BCUT2D eigenvalue weighted by Gasteiger charge is 2.28. The molecule has 0 aliphatic rings. The van der Waals surface area contributed by atoms with Crippen LogP contribution >= 0.6 is 0 Å². The first-order valence-corrected chi connectivity index (χ1v) is 7.13. The zero-order chi connectivity index (χ0) is 15.5. The van der Waals surface area contributed by atoms with Crippen LogP contribution in [0, 0.1) is 11.6 Å². The topological polar surface area (TPSA) is 92.5 Å². The van der Waals surface area contributed by atoms with Crippen LogP contribution in [0.3, 0.4) is 0 Å². The average Bonchev–Trinajstić information content (AvgIpc) is 2.39. The summed E-state index contributed by atoms with van der Waals surface area (Å²) in [6.45, 7) is 0.976. The van der Waals surface area contributed by atoms with Crippen LogP contribution < -0.4 is 11.1 Å². The van der Waals surface area contributed by atoms with Crippen LogP contribution in [-0.4, -0.2) is 38.8 Å². The van der Waals surface area contributed by atoms with Crippen molar-refractivity contribution < 1.29 is 22.0 Å². The molecule has 112 valence electrons. The Labute approximate surface area is 115 Å². The molecule has 0 radical (unpaired) electrons. The quantitative estimate of drug-likeness (QED) is 0.765. The van der Waals surface area contributed by atoms with Crippen LogP contribution in [-0.2, 0) is 14.8 Å². The number of carbonyl (C=O) groups excluding carboxylic acids is 1.